The number of piperidine rings is 1. The number of rotatable bonds is 6. The van der Waals surface area contributed by atoms with Gasteiger partial charge in [-0.1, -0.05) is 43.7 Å². The van der Waals surface area contributed by atoms with E-state index in [0.29, 0.717) is 29.9 Å². The van der Waals surface area contributed by atoms with Gasteiger partial charge in [-0.2, -0.15) is 0 Å². The minimum absolute atomic E-state index is 0.106. The maximum absolute atomic E-state index is 12.4. The number of epoxide rings is 1. The minimum Gasteiger partial charge on any atom is -0.460 e. The van der Waals surface area contributed by atoms with Gasteiger partial charge in [0, 0.05) is 12.8 Å². The van der Waals surface area contributed by atoms with Gasteiger partial charge in [-0.25, -0.2) is 4.79 Å². The van der Waals surface area contributed by atoms with E-state index in [1.54, 1.807) is 12.1 Å². The van der Waals surface area contributed by atoms with Gasteiger partial charge in [0.15, 0.2) is 6.10 Å². The van der Waals surface area contributed by atoms with E-state index in [1.807, 2.05) is 18.2 Å². The topological polar surface area (TPSA) is 59.1 Å². The summed E-state index contributed by atoms with van der Waals surface area (Å²) < 4.78 is 12.6. The van der Waals surface area contributed by atoms with E-state index in [-0.39, 0.29) is 6.10 Å². The Hall–Kier alpha value is -1.43. The van der Waals surface area contributed by atoms with Crippen molar-refractivity contribution in [3.05, 3.63) is 35.9 Å². The molecule has 3 saturated heterocycles. The van der Waals surface area contributed by atoms with Crippen LogP contribution in [0.25, 0.3) is 0 Å². The summed E-state index contributed by atoms with van der Waals surface area (Å²) in [5.74, 6) is -0.533. The van der Waals surface area contributed by atoms with Crippen molar-refractivity contribution in [3.8, 4) is 0 Å². The fourth-order valence-corrected chi connectivity index (χ4v) is 4.98. The van der Waals surface area contributed by atoms with Crippen LogP contribution >= 0.6 is 0 Å². The summed E-state index contributed by atoms with van der Waals surface area (Å²) in [5.41, 5.74) is 0.584. The Morgan fingerprint density at radius 1 is 1.28 bits per heavy atom. The highest BCUT2D eigenvalue weighted by atomic mass is 16.6. The highest BCUT2D eigenvalue weighted by molar-refractivity contribution is 5.76. The number of aliphatic hydroxyl groups excluding tert-OH is 1. The number of nitrogens with zero attached hydrogens (tertiary/aromatic N) is 1. The zero-order valence-corrected chi connectivity index (χ0v) is 15.0. The predicted molar refractivity (Wildman–Crippen MR) is 92.7 cm³/mol. The van der Waals surface area contributed by atoms with Gasteiger partial charge in [0.1, 0.15) is 30.4 Å². The molecule has 3 aliphatic rings. The molecular formula is C20H28NO4+. The average molecular weight is 346 g/mol. The first-order valence-electron chi connectivity index (χ1n) is 9.48. The SMILES string of the molecule is CCCC[N+]1(C)[C@@H]2CC(OC(=O)[C@H](O)c3ccccc3)C[C@H]1C1OC12. The number of aliphatic hydroxyl groups is 1. The van der Waals surface area contributed by atoms with E-state index in [9.17, 15) is 9.90 Å². The van der Waals surface area contributed by atoms with E-state index in [4.69, 9.17) is 9.47 Å². The molecule has 0 saturated carbocycles. The molecule has 136 valence electrons. The van der Waals surface area contributed by atoms with Gasteiger partial charge in [-0.15, -0.1) is 0 Å². The van der Waals surface area contributed by atoms with Crippen LogP contribution in [0.4, 0.5) is 0 Å². The zero-order chi connectivity index (χ0) is 17.6. The predicted octanol–water partition coefficient (Wildman–Crippen LogP) is 2.19. The van der Waals surface area contributed by atoms with E-state index >= 15 is 0 Å². The molecule has 4 unspecified atom stereocenters. The molecule has 1 aromatic rings. The fraction of sp³-hybridized carbons (Fsp3) is 0.650. The first-order chi connectivity index (χ1) is 12.0. The van der Waals surface area contributed by atoms with Crippen LogP contribution < -0.4 is 0 Å². The van der Waals surface area contributed by atoms with Crippen molar-refractivity contribution in [1.82, 2.24) is 0 Å². The number of fused-ring (bicyclic) bond motifs is 5. The lowest BCUT2D eigenvalue weighted by Gasteiger charge is -2.48. The molecule has 0 aromatic heterocycles. The van der Waals surface area contributed by atoms with Crippen molar-refractivity contribution >= 4 is 5.97 Å². The Bertz CT molecular complexity index is 616. The second-order valence-electron chi connectivity index (χ2n) is 7.97. The van der Waals surface area contributed by atoms with E-state index in [1.165, 1.54) is 19.4 Å². The standard InChI is InChI=1S/C20H28NO4/c1-3-4-10-21(2)15-11-14(12-16(21)19-18(15)25-19)24-20(23)17(22)13-8-6-5-7-9-13/h5-9,14-19,22H,3-4,10-12H2,1-2H3/q+1/t14?,15-,16+,17-,18?,19?,21?/m1/s1. The summed E-state index contributed by atoms with van der Waals surface area (Å²) in [6.45, 7) is 3.40. The largest absolute Gasteiger partial charge is 0.460 e. The number of carbonyl (C=O) groups excluding carboxylic acids is 1. The number of ether oxygens (including phenoxy) is 2. The molecule has 3 heterocycles. The number of benzene rings is 1. The van der Waals surface area contributed by atoms with Crippen molar-refractivity contribution in [3.63, 3.8) is 0 Å². The van der Waals surface area contributed by atoms with E-state index < -0.39 is 12.1 Å². The van der Waals surface area contributed by atoms with Gasteiger partial charge in [0.25, 0.3) is 0 Å². The summed E-state index contributed by atoms with van der Waals surface area (Å²) in [7, 11) is 2.34. The first kappa shape index (κ1) is 17.0. The normalized spacial score (nSPS) is 39.6. The summed E-state index contributed by atoms with van der Waals surface area (Å²) in [6.07, 6.45) is 3.48. The third kappa shape index (κ3) is 2.88. The van der Waals surface area contributed by atoms with Gasteiger partial charge in [0.05, 0.1) is 13.6 Å². The molecule has 1 aromatic carbocycles. The molecule has 5 nitrogen and oxygen atoms in total. The monoisotopic (exact) mass is 346 g/mol. The minimum atomic E-state index is -1.20. The number of carbonyl (C=O) groups is 1. The van der Waals surface area contributed by atoms with Crippen LogP contribution in [0.2, 0.25) is 0 Å². The van der Waals surface area contributed by atoms with Crippen LogP contribution in [-0.2, 0) is 14.3 Å². The quantitative estimate of drug-likeness (QED) is 0.487. The average Bonchev–Trinajstić information content (AvgIpc) is 3.38. The van der Waals surface area contributed by atoms with Crippen LogP contribution in [0.3, 0.4) is 0 Å². The molecule has 0 aliphatic carbocycles. The van der Waals surface area contributed by atoms with Crippen LogP contribution in [0.5, 0.6) is 0 Å². The Morgan fingerprint density at radius 2 is 1.92 bits per heavy atom. The van der Waals surface area contributed by atoms with Crippen molar-refractivity contribution in [2.75, 3.05) is 13.6 Å². The highest BCUT2D eigenvalue weighted by Crippen LogP contribution is 2.52. The Morgan fingerprint density at radius 3 is 2.52 bits per heavy atom. The van der Waals surface area contributed by atoms with Gasteiger partial charge >= 0.3 is 5.97 Å². The molecule has 0 radical (unpaired) electrons. The molecule has 3 fully saturated rings. The third-order valence-electron chi connectivity index (χ3n) is 6.46. The molecule has 25 heavy (non-hydrogen) atoms. The number of esters is 1. The zero-order valence-electron chi connectivity index (χ0n) is 15.0. The molecule has 5 heteroatoms. The lowest BCUT2D eigenvalue weighted by atomic mass is 9.94. The van der Waals surface area contributed by atoms with Crippen molar-refractivity contribution in [1.29, 1.82) is 0 Å². The summed E-state index contributed by atoms with van der Waals surface area (Å²) >= 11 is 0. The molecule has 0 spiro atoms. The Labute approximate surface area is 149 Å². The summed E-state index contributed by atoms with van der Waals surface area (Å²) in [5, 5.41) is 10.2. The second kappa shape index (κ2) is 6.38. The third-order valence-corrected chi connectivity index (χ3v) is 6.46. The van der Waals surface area contributed by atoms with E-state index in [0.717, 1.165) is 17.3 Å². The van der Waals surface area contributed by atoms with Crippen molar-refractivity contribution < 1.29 is 23.9 Å². The summed E-state index contributed by atoms with van der Waals surface area (Å²) in [6, 6.07) is 9.82. The molecule has 7 atom stereocenters. The van der Waals surface area contributed by atoms with Gasteiger partial charge in [-0.3, -0.25) is 0 Å². The Balaban J connectivity index is 1.41. The first-order valence-corrected chi connectivity index (χ1v) is 9.48. The maximum atomic E-state index is 12.4. The van der Waals surface area contributed by atoms with Crippen LogP contribution in [0.15, 0.2) is 30.3 Å². The van der Waals surface area contributed by atoms with Crippen molar-refractivity contribution in [2.45, 2.75) is 69.1 Å². The fourth-order valence-electron chi connectivity index (χ4n) is 4.98. The lowest BCUT2D eigenvalue weighted by Crippen LogP contribution is -2.62. The number of likely N-dealkylation sites (N-methyl/N-ethyl adjacent to an activating group) is 1. The van der Waals surface area contributed by atoms with Crippen LogP contribution in [0.1, 0.15) is 44.3 Å². The summed E-state index contributed by atoms with van der Waals surface area (Å²) in [4.78, 5) is 12.4. The molecule has 4 rings (SSSR count). The lowest BCUT2D eigenvalue weighted by molar-refractivity contribution is -0.956. The van der Waals surface area contributed by atoms with Gasteiger partial charge in [-0.05, 0) is 12.0 Å². The number of morpholine rings is 1. The second-order valence-corrected chi connectivity index (χ2v) is 7.97. The number of hydrogen-bond acceptors (Lipinski definition) is 4. The molecule has 3 aliphatic heterocycles. The molecule has 1 N–H and O–H groups in total. The number of hydrogen-bond donors (Lipinski definition) is 1. The maximum Gasteiger partial charge on any atom is 0.339 e. The highest BCUT2D eigenvalue weighted by Gasteiger charge is 2.71. The molecular weight excluding hydrogens is 318 g/mol. The van der Waals surface area contributed by atoms with E-state index in [2.05, 4.69) is 14.0 Å². The van der Waals surface area contributed by atoms with Gasteiger partial charge in [0.2, 0.25) is 0 Å². The Kier molecular flexibility index (Phi) is 4.34. The molecule has 2 bridgehead atoms. The smallest absolute Gasteiger partial charge is 0.339 e. The van der Waals surface area contributed by atoms with Crippen molar-refractivity contribution in [2.24, 2.45) is 0 Å². The van der Waals surface area contributed by atoms with Gasteiger partial charge < -0.3 is 19.1 Å². The van der Waals surface area contributed by atoms with Crippen LogP contribution in [-0.4, -0.2) is 59.5 Å². The van der Waals surface area contributed by atoms with Crippen LogP contribution in [0, 0.1) is 0 Å². The number of quaternary nitrogens is 1. The number of unbranched alkanes of at least 4 members (excludes halogenated alkanes) is 1. The molecule has 0 amide bonds.